The van der Waals surface area contributed by atoms with Gasteiger partial charge < -0.3 is 9.73 Å². The monoisotopic (exact) mass is 460 g/mol. The summed E-state index contributed by atoms with van der Waals surface area (Å²) in [6.45, 7) is 0. The van der Waals surface area contributed by atoms with Crippen LogP contribution in [-0.2, 0) is 4.79 Å². The molecule has 0 spiro atoms. The van der Waals surface area contributed by atoms with Gasteiger partial charge in [0.05, 0.1) is 10.7 Å². The number of furan rings is 1. The third-order valence-electron chi connectivity index (χ3n) is 3.58. The van der Waals surface area contributed by atoms with E-state index in [0.29, 0.717) is 27.3 Å². The van der Waals surface area contributed by atoms with E-state index >= 15 is 0 Å². The quantitative estimate of drug-likeness (QED) is 0.353. The van der Waals surface area contributed by atoms with E-state index in [1.165, 1.54) is 12.1 Å². The van der Waals surface area contributed by atoms with Gasteiger partial charge in [-0.25, -0.2) is 0 Å². The molecule has 0 aliphatic heterocycles. The third-order valence-corrected chi connectivity index (χ3v) is 4.68. The van der Waals surface area contributed by atoms with E-state index in [9.17, 15) is 10.1 Å². The first-order valence-corrected chi connectivity index (χ1v) is 9.25. The summed E-state index contributed by atoms with van der Waals surface area (Å²) in [6.07, 6.45) is 1.37. The molecule has 0 unspecified atom stereocenters. The smallest absolute Gasteiger partial charge is 0.266 e. The van der Waals surface area contributed by atoms with E-state index in [2.05, 4.69) is 21.2 Å². The number of nitriles is 1. The van der Waals surface area contributed by atoms with Crippen LogP contribution in [0.3, 0.4) is 0 Å². The average molecular weight is 462 g/mol. The van der Waals surface area contributed by atoms with Gasteiger partial charge in [-0.1, -0.05) is 51.3 Å². The van der Waals surface area contributed by atoms with Crippen LogP contribution in [0.25, 0.3) is 17.4 Å². The van der Waals surface area contributed by atoms with Crippen molar-refractivity contribution >= 4 is 56.8 Å². The molecule has 0 aliphatic rings. The summed E-state index contributed by atoms with van der Waals surface area (Å²) in [4.78, 5) is 12.4. The number of halogens is 3. The number of hydrogen-bond acceptors (Lipinski definition) is 3. The van der Waals surface area contributed by atoms with Gasteiger partial charge in [-0.3, -0.25) is 4.79 Å². The second-order valence-electron chi connectivity index (χ2n) is 5.46. The molecular formula is C20H11BrCl2N2O2. The number of nitrogens with one attached hydrogen (secondary N) is 1. The van der Waals surface area contributed by atoms with Crippen molar-refractivity contribution in [1.82, 2.24) is 0 Å². The fourth-order valence-corrected chi connectivity index (χ4v) is 2.87. The molecule has 0 fully saturated rings. The average Bonchev–Trinajstić information content (AvgIpc) is 3.12. The molecule has 0 radical (unpaired) electrons. The number of carbonyl (C=O) groups is 1. The van der Waals surface area contributed by atoms with E-state index < -0.39 is 5.91 Å². The van der Waals surface area contributed by atoms with Crippen molar-refractivity contribution < 1.29 is 9.21 Å². The third kappa shape index (κ3) is 4.81. The minimum atomic E-state index is -0.608. The molecule has 4 nitrogen and oxygen atoms in total. The standard InChI is InChI=1S/C20H11BrCl2N2O2/c21-14-3-1-12(2-4-14)19-8-6-16(27-19)9-13(11-24)20(26)25-18-10-15(22)5-7-17(18)23/h1-10H,(H,25,26)/b13-9-. The van der Waals surface area contributed by atoms with Crippen LogP contribution in [0.1, 0.15) is 5.76 Å². The van der Waals surface area contributed by atoms with Crippen molar-refractivity contribution in [2.45, 2.75) is 0 Å². The van der Waals surface area contributed by atoms with Crippen LogP contribution in [0.5, 0.6) is 0 Å². The van der Waals surface area contributed by atoms with Gasteiger partial charge in [0.1, 0.15) is 23.2 Å². The first-order chi connectivity index (χ1) is 13.0. The zero-order valence-electron chi connectivity index (χ0n) is 13.7. The lowest BCUT2D eigenvalue weighted by Crippen LogP contribution is -2.13. The van der Waals surface area contributed by atoms with Crippen LogP contribution in [-0.4, -0.2) is 5.91 Å². The maximum absolute atomic E-state index is 12.4. The van der Waals surface area contributed by atoms with Crippen LogP contribution < -0.4 is 5.32 Å². The lowest BCUT2D eigenvalue weighted by Gasteiger charge is -2.06. The number of anilines is 1. The second-order valence-corrected chi connectivity index (χ2v) is 7.22. The topological polar surface area (TPSA) is 66.0 Å². The Morgan fingerprint density at radius 2 is 1.85 bits per heavy atom. The van der Waals surface area contributed by atoms with Crippen molar-refractivity contribution in [3.63, 3.8) is 0 Å². The van der Waals surface area contributed by atoms with E-state index in [1.807, 2.05) is 30.3 Å². The zero-order valence-corrected chi connectivity index (χ0v) is 16.8. The van der Waals surface area contributed by atoms with Crippen molar-refractivity contribution in [2.24, 2.45) is 0 Å². The van der Waals surface area contributed by atoms with Gasteiger partial charge in [0.2, 0.25) is 0 Å². The van der Waals surface area contributed by atoms with E-state index in [1.54, 1.807) is 24.3 Å². The van der Waals surface area contributed by atoms with Gasteiger partial charge >= 0.3 is 0 Å². The van der Waals surface area contributed by atoms with Gasteiger partial charge in [-0.15, -0.1) is 0 Å². The number of carbonyl (C=O) groups excluding carboxylic acids is 1. The fourth-order valence-electron chi connectivity index (χ4n) is 2.27. The van der Waals surface area contributed by atoms with E-state index in [0.717, 1.165) is 10.0 Å². The van der Waals surface area contributed by atoms with E-state index in [-0.39, 0.29) is 5.57 Å². The molecule has 1 N–H and O–H groups in total. The Labute approximate surface area is 174 Å². The lowest BCUT2D eigenvalue weighted by molar-refractivity contribution is -0.112. The highest BCUT2D eigenvalue weighted by atomic mass is 79.9. The highest BCUT2D eigenvalue weighted by Gasteiger charge is 2.13. The van der Waals surface area contributed by atoms with Gasteiger partial charge in [0.25, 0.3) is 5.91 Å². The van der Waals surface area contributed by atoms with Crippen LogP contribution in [0.15, 0.2) is 69.1 Å². The van der Waals surface area contributed by atoms with Gasteiger partial charge in [0, 0.05) is 21.1 Å². The molecule has 3 aromatic rings. The summed E-state index contributed by atoms with van der Waals surface area (Å²) in [5.41, 5.74) is 1.08. The van der Waals surface area contributed by atoms with Crippen LogP contribution in [0, 0.1) is 11.3 Å². The molecule has 1 amide bonds. The lowest BCUT2D eigenvalue weighted by atomic mass is 10.2. The second kappa shape index (κ2) is 8.45. The molecule has 0 bridgehead atoms. The predicted molar refractivity (Wildman–Crippen MR) is 111 cm³/mol. The normalized spacial score (nSPS) is 11.1. The maximum atomic E-state index is 12.4. The molecule has 1 aromatic heterocycles. The maximum Gasteiger partial charge on any atom is 0.266 e. The number of rotatable bonds is 4. The van der Waals surface area contributed by atoms with Gasteiger partial charge in [-0.05, 0) is 42.5 Å². The van der Waals surface area contributed by atoms with Crippen molar-refractivity contribution in [3.8, 4) is 17.4 Å². The molecule has 1 heterocycles. The first-order valence-electron chi connectivity index (χ1n) is 7.70. The number of hydrogen-bond donors (Lipinski definition) is 1. The molecule has 0 atom stereocenters. The molecule has 0 saturated carbocycles. The molecular weight excluding hydrogens is 451 g/mol. The number of benzene rings is 2. The summed E-state index contributed by atoms with van der Waals surface area (Å²) in [5, 5.41) is 12.6. The fraction of sp³-hybridized carbons (Fsp3) is 0. The summed E-state index contributed by atoms with van der Waals surface area (Å²) in [5.74, 6) is 0.407. The SMILES string of the molecule is N#C/C(=C/c1ccc(-c2ccc(Br)cc2)o1)C(=O)Nc1cc(Cl)ccc1Cl. The minimum Gasteiger partial charge on any atom is -0.457 e. The van der Waals surface area contributed by atoms with Gasteiger partial charge in [0.15, 0.2) is 0 Å². The summed E-state index contributed by atoms with van der Waals surface area (Å²) in [7, 11) is 0. The van der Waals surface area contributed by atoms with Crippen molar-refractivity contribution in [3.05, 3.63) is 80.4 Å². The zero-order chi connectivity index (χ0) is 19.4. The summed E-state index contributed by atoms with van der Waals surface area (Å²) >= 11 is 15.3. The molecule has 0 aliphatic carbocycles. The van der Waals surface area contributed by atoms with Gasteiger partial charge in [-0.2, -0.15) is 5.26 Å². The van der Waals surface area contributed by atoms with Crippen molar-refractivity contribution in [2.75, 3.05) is 5.32 Å². The molecule has 2 aromatic carbocycles. The Balaban J connectivity index is 1.82. The molecule has 27 heavy (non-hydrogen) atoms. The summed E-state index contributed by atoms with van der Waals surface area (Å²) in [6, 6.07) is 17.6. The van der Waals surface area contributed by atoms with Crippen LogP contribution in [0.4, 0.5) is 5.69 Å². The highest BCUT2D eigenvalue weighted by molar-refractivity contribution is 9.10. The molecule has 7 heteroatoms. The number of nitrogens with zero attached hydrogens (tertiary/aromatic N) is 1. The minimum absolute atomic E-state index is 0.122. The predicted octanol–water partition coefficient (Wildman–Crippen LogP) is 6.56. The molecule has 3 rings (SSSR count). The Hall–Kier alpha value is -2.52. The molecule has 0 saturated heterocycles. The van der Waals surface area contributed by atoms with Crippen molar-refractivity contribution in [1.29, 1.82) is 5.26 Å². The largest absolute Gasteiger partial charge is 0.457 e. The first kappa shape index (κ1) is 19.2. The Bertz CT molecular complexity index is 1070. The Kier molecular flexibility index (Phi) is 6.02. The van der Waals surface area contributed by atoms with E-state index in [4.69, 9.17) is 27.6 Å². The molecule has 134 valence electrons. The Morgan fingerprint density at radius 3 is 2.56 bits per heavy atom. The van der Waals surface area contributed by atoms with Crippen LogP contribution >= 0.6 is 39.1 Å². The Morgan fingerprint density at radius 1 is 1.11 bits per heavy atom. The van der Waals surface area contributed by atoms with Crippen LogP contribution in [0.2, 0.25) is 10.0 Å². The number of amides is 1. The summed E-state index contributed by atoms with van der Waals surface area (Å²) < 4.78 is 6.67. The highest BCUT2D eigenvalue weighted by Crippen LogP contribution is 2.27.